The van der Waals surface area contributed by atoms with Gasteiger partial charge in [0.1, 0.15) is 29.5 Å². The van der Waals surface area contributed by atoms with E-state index in [1.165, 1.54) is 20.4 Å². The Balaban J connectivity index is 0.897. The lowest BCUT2D eigenvalue weighted by Gasteiger charge is -2.31. The predicted molar refractivity (Wildman–Crippen MR) is 242 cm³/mol. The molecule has 1 unspecified atom stereocenters. The molecule has 0 radical (unpaired) electrons. The molecule has 0 saturated heterocycles. The van der Waals surface area contributed by atoms with Crippen molar-refractivity contribution in [3.8, 4) is 51.7 Å². The van der Waals surface area contributed by atoms with E-state index in [-0.39, 0.29) is 89.8 Å². The topological polar surface area (TPSA) is 228 Å². The summed E-state index contributed by atoms with van der Waals surface area (Å²) >= 11 is 0. The lowest BCUT2D eigenvalue weighted by molar-refractivity contribution is -0.172. The number of aliphatic hydroxyl groups is 1. The number of aryl methyl sites for hydroxylation is 2. The quantitative estimate of drug-likeness (QED) is 0.119. The Bertz CT molecular complexity index is 3260. The minimum absolute atomic E-state index is 0.0403. The Kier molecular flexibility index (Phi) is 10.6. The molecule has 1 atom stereocenters. The molecular formula is C48H48N8O10. The number of cyclic esters (lactones) is 1. The van der Waals surface area contributed by atoms with Crippen molar-refractivity contribution in [3.63, 3.8) is 0 Å². The van der Waals surface area contributed by atoms with Crippen LogP contribution < -0.4 is 10.3 Å². The molecule has 3 aromatic carbocycles. The fourth-order valence-electron chi connectivity index (χ4n) is 9.08. The molecular weight excluding hydrogens is 849 g/mol. The number of nitrogens with zero attached hydrogens (tertiary/aromatic N) is 8. The van der Waals surface area contributed by atoms with E-state index in [1.807, 2.05) is 20.8 Å². The van der Waals surface area contributed by atoms with E-state index >= 15 is 0 Å². The lowest BCUT2D eigenvalue weighted by atomic mass is 9.86. The van der Waals surface area contributed by atoms with E-state index in [9.17, 15) is 39.6 Å². The van der Waals surface area contributed by atoms with Crippen molar-refractivity contribution >= 4 is 39.8 Å². The van der Waals surface area contributed by atoms with Gasteiger partial charge in [-0.25, -0.2) is 19.1 Å². The summed E-state index contributed by atoms with van der Waals surface area (Å²) in [4.78, 5) is 61.4. The third-order valence-electron chi connectivity index (χ3n) is 12.9. The van der Waals surface area contributed by atoms with Crippen LogP contribution in [0.2, 0.25) is 0 Å². The van der Waals surface area contributed by atoms with Crippen molar-refractivity contribution in [2.24, 2.45) is 7.05 Å². The van der Waals surface area contributed by atoms with Gasteiger partial charge in [-0.2, -0.15) is 0 Å². The van der Waals surface area contributed by atoms with Gasteiger partial charge in [0, 0.05) is 67.7 Å². The number of phenols is 2. The largest absolute Gasteiger partial charge is 0.508 e. The van der Waals surface area contributed by atoms with E-state index in [4.69, 9.17) is 14.5 Å². The second-order valence-corrected chi connectivity index (χ2v) is 17.1. The Morgan fingerprint density at radius 2 is 1.68 bits per heavy atom. The summed E-state index contributed by atoms with van der Waals surface area (Å²) < 4.78 is 15.7. The zero-order valence-electron chi connectivity index (χ0n) is 37.4. The maximum Gasteiger partial charge on any atom is 0.415 e. The highest BCUT2D eigenvalue weighted by Crippen LogP contribution is 2.42. The molecule has 340 valence electrons. The summed E-state index contributed by atoms with van der Waals surface area (Å²) in [6, 6.07) is 16.3. The fourth-order valence-corrected chi connectivity index (χ4v) is 9.08. The normalized spacial score (nSPS) is 15.2. The molecule has 2 amide bonds. The van der Waals surface area contributed by atoms with Crippen molar-refractivity contribution in [1.82, 2.24) is 38.7 Å². The molecule has 0 bridgehead atoms. The molecule has 4 aromatic heterocycles. The Morgan fingerprint density at radius 3 is 2.41 bits per heavy atom. The number of pyridine rings is 2. The smallest absolute Gasteiger partial charge is 0.415 e. The number of hydrogen-bond acceptors (Lipinski definition) is 13. The zero-order valence-corrected chi connectivity index (χ0v) is 37.4. The second kappa shape index (κ2) is 16.1. The second-order valence-electron chi connectivity index (χ2n) is 17.1. The number of aromatic nitrogens is 6. The van der Waals surface area contributed by atoms with Crippen molar-refractivity contribution in [1.29, 1.82) is 0 Å². The van der Waals surface area contributed by atoms with Crippen LogP contribution in [-0.4, -0.2) is 104 Å². The molecule has 18 heteroatoms. The molecule has 9 rings (SSSR count). The molecule has 2 aliphatic heterocycles. The molecule has 6 heterocycles. The van der Waals surface area contributed by atoms with E-state index < -0.39 is 23.7 Å². The van der Waals surface area contributed by atoms with Crippen molar-refractivity contribution in [2.45, 2.75) is 65.2 Å². The van der Waals surface area contributed by atoms with Gasteiger partial charge in [-0.1, -0.05) is 32.8 Å². The van der Waals surface area contributed by atoms with Crippen LogP contribution in [0.4, 0.5) is 4.79 Å². The number of esters is 1. The van der Waals surface area contributed by atoms with Gasteiger partial charge in [0.2, 0.25) is 0 Å². The first-order valence-corrected chi connectivity index (χ1v) is 21.6. The van der Waals surface area contributed by atoms with Crippen LogP contribution in [0.5, 0.6) is 23.3 Å². The zero-order chi connectivity index (χ0) is 47.1. The monoisotopic (exact) mass is 896 g/mol. The van der Waals surface area contributed by atoms with Gasteiger partial charge in [0.05, 0.1) is 40.3 Å². The SMILES string of the molecule is CCc1c2c(nc3ccc(OC(=O)N(C)CCN(C)C(=O)c4cc5cc(-n6c(O)nnc6-c6cc(C(C)C)c(O)cc6O)ccc5n4C)cc13)-c1cc3c(c(=O)n1C2)COC(=O)C3(O)CC. The number of benzene rings is 3. The number of carbonyl (C=O) groups excluding carboxylic acids is 3. The summed E-state index contributed by atoms with van der Waals surface area (Å²) in [6.07, 6.45) is -0.0154. The van der Waals surface area contributed by atoms with Crippen molar-refractivity contribution in [3.05, 3.63) is 105 Å². The van der Waals surface area contributed by atoms with E-state index in [1.54, 1.807) is 91.8 Å². The van der Waals surface area contributed by atoms with Crippen LogP contribution in [0.15, 0.2) is 65.5 Å². The molecule has 0 saturated carbocycles. The molecule has 7 aromatic rings. The van der Waals surface area contributed by atoms with E-state index in [0.29, 0.717) is 45.7 Å². The van der Waals surface area contributed by atoms with Gasteiger partial charge >= 0.3 is 18.1 Å². The number of ether oxygens (including phenoxy) is 2. The number of amides is 2. The first-order valence-electron chi connectivity index (χ1n) is 21.6. The number of phenolic OH excluding ortho intramolecular Hbond substituents is 2. The summed E-state index contributed by atoms with van der Waals surface area (Å²) in [5.41, 5.74) is 4.09. The number of aromatic hydroxyl groups is 3. The molecule has 66 heavy (non-hydrogen) atoms. The molecule has 18 nitrogen and oxygen atoms in total. The van der Waals surface area contributed by atoms with Crippen LogP contribution in [0.1, 0.15) is 78.3 Å². The van der Waals surface area contributed by atoms with Crippen LogP contribution in [0.25, 0.3) is 50.3 Å². The van der Waals surface area contributed by atoms with Crippen molar-refractivity contribution in [2.75, 3.05) is 27.2 Å². The van der Waals surface area contributed by atoms with Gasteiger partial charge < -0.3 is 48.8 Å². The standard InChI is InChI=1S/C48H48N8O10/c1-8-28-30-18-27(11-12-35(30)49-41-32(28)22-55-37(41)20-34-33(43(55)59)23-65-45(61)48(34,64)9-2)66-47(63)53(6)15-14-52(5)44(60)38-17-25-16-26(10-13-36(25)54(38)7)56-42(50-51-46(56)62)31-19-29(24(3)4)39(57)21-40(31)58/h10-13,16-21,24,57-58,64H,8-9,14-15,22-23H2,1-7H3,(H,51,62). The molecule has 4 N–H and O–H groups in total. The van der Waals surface area contributed by atoms with Gasteiger partial charge in [0.25, 0.3) is 11.5 Å². The highest BCUT2D eigenvalue weighted by molar-refractivity contribution is 5.99. The summed E-state index contributed by atoms with van der Waals surface area (Å²) in [5.74, 6) is -1.00. The van der Waals surface area contributed by atoms with Crippen LogP contribution in [0.3, 0.4) is 0 Å². The van der Waals surface area contributed by atoms with Crippen molar-refractivity contribution < 1.29 is 44.3 Å². The highest BCUT2D eigenvalue weighted by Gasteiger charge is 2.45. The predicted octanol–water partition coefficient (Wildman–Crippen LogP) is 5.82. The number of rotatable bonds is 10. The van der Waals surface area contributed by atoms with Crippen LogP contribution in [0, 0.1) is 0 Å². The van der Waals surface area contributed by atoms with E-state index in [2.05, 4.69) is 10.2 Å². The summed E-state index contributed by atoms with van der Waals surface area (Å²) in [6.45, 7) is 7.80. The molecule has 0 aliphatic carbocycles. The van der Waals surface area contributed by atoms with Gasteiger partial charge in [-0.15, -0.1) is 5.10 Å². The van der Waals surface area contributed by atoms with E-state index in [0.717, 1.165) is 22.0 Å². The Morgan fingerprint density at radius 1 is 0.924 bits per heavy atom. The maximum absolute atomic E-state index is 13.8. The van der Waals surface area contributed by atoms with Crippen LogP contribution in [-0.2, 0) is 41.8 Å². The number of fused-ring (bicyclic) bond motifs is 6. The number of likely N-dealkylation sites (N-methyl/N-ethyl adjacent to an activating group) is 2. The minimum atomic E-state index is -1.93. The van der Waals surface area contributed by atoms with Gasteiger partial charge in [-0.3, -0.25) is 9.59 Å². The lowest BCUT2D eigenvalue weighted by Crippen LogP contribution is -2.44. The Labute approximate surface area is 377 Å². The average molecular weight is 897 g/mol. The molecule has 0 fully saturated rings. The van der Waals surface area contributed by atoms with Gasteiger partial charge in [0.15, 0.2) is 11.4 Å². The first kappa shape index (κ1) is 43.5. The fraction of sp³-hybridized carbons (Fsp3) is 0.312. The molecule has 0 spiro atoms. The maximum atomic E-state index is 13.8. The molecule has 2 aliphatic rings. The average Bonchev–Trinajstić information content (AvgIpc) is 3.97. The third kappa shape index (κ3) is 6.86. The summed E-state index contributed by atoms with van der Waals surface area (Å²) in [7, 11) is 4.99. The Hall–Kier alpha value is -7.73. The number of hydrogen-bond donors (Lipinski definition) is 4. The summed E-state index contributed by atoms with van der Waals surface area (Å²) in [5, 5.41) is 52.6. The number of carbonyl (C=O) groups is 3. The minimum Gasteiger partial charge on any atom is -0.508 e. The van der Waals surface area contributed by atoms with Crippen LogP contribution >= 0.6 is 0 Å². The van der Waals surface area contributed by atoms with Gasteiger partial charge in [-0.05, 0) is 84.5 Å². The highest BCUT2D eigenvalue weighted by atomic mass is 16.6. The first-order chi connectivity index (χ1) is 31.4. The third-order valence-corrected chi connectivity index (χ3v) is 12.9.